The Morgan fingerprint density at radius 2 is 1.68 bits per heavy atom. The molecule has 0 bridgehead atoms. The van der Waals surface area contributed by atoms with E-state index in [1.54, 1.807) is 18.7 Å². The SMILES string of the molecule is CC(C)c1nc2nc(Cl)c(-c3ccccc3)cn2n1.COCCOC. The van der Waals surface area contributed by atoms with Crippen molar-refractivity contribution in [1.82, 2.24) is 19.6 Å². The predicted molar refractivity (Wildman–Crippen MR) is 99.1 cm³/mol. The summed E-state index contributed by atoms with van der Waals surface area (Å²) in [5, 5.41) is 4.87. The van der Waals surface area contributed by atoms with Crippen LogP contribution >= 0.6 is 11.6 Å². The van der Waals surface area contributed by atoms with Crippen LogP contribution in [0.3, 0.4) is 0 Å². The molecule has 0 radical (unpaired) electrons. The van der Waals surface area contributed by atoms with Crippen LogP contribution in [0.25, 0.3) is 16.9 Å². The van der Waals surface area contributed by atoms with Crippen LogP contribution < -0.4 is 0 Å². The monoisotopic (exact) mass is 362 g/mol. The first-order valence-electron chi connectivity index (χ1n) is 8.03. The highest BCUT2D eigenvalue weighted by Crippen LogP contribution is 2.26. The molecule has 0 saturated heterocycles. The number of halogens is 1. The molecule has 0 spiro atoms. The Labute approximate surface area is 152 Å². The third-order valence-electron chi connectivity index (χ3n) is 3.39. The average molecular weight is 363 g/mol. The molecule has 25 heavy (non-hydrogen) atoms. The van der Waals surface area contributed by atoms with Crippen LogP contribution in [0.15, 0.2) is 36.5 Å². The van der Waals surface area contributed by atoms with Gasteiger partial charge >= 0.3 is 0 Å². The van der Waals surface area contributed by atoms with Crippen LogP contribution in [0.1, 0.15) is 25.6 Å². The molecule has 0 amide bonds. The van der Waals surface area contributed by atoms with Gasteiger partial charge in [-0.3, -0.25) is 0 Å². The molecule has 7 heteroatoms. The molecule has 0 unspecified atom stereocenters. The van der Waals surface area contributed by atoms with Crippen LogP contribution in [-0.4, -0.2) is 47.0 Å². The van der Waals surface area contributed by atoms with Gasteiger partial charge in [-0.05, 0) is 5.56 Å². The Kier molecular flexibility index (Phi) is 7.31. The van der Waals surface area contributed by atoms with E-state index in [0.717, 1.165) is 17.0 Å². The number of rotatable bonds is 5. The average Bonchev–Trinajstić information content (AvgIpc) is 3.03. The lowest BCUT2D eigenvalue weighted by atomic mass is 10.1. The zero-order valence-corrected chi connectivity index (χ0v) is 15.7. The molecule has 0 fully saturated rings. The minimum atomic E-state index is 0.264. The molecular weight excluding hydrogens is 340 g/mol. The molecule has 6 nitrogen and oxygen atoms in total. The molecule has 2 heterocycles. The predicted octanol–water partition coefficient (Wildman–Crippen LogP) is 3.85. The van der Waals surface area contributed by atoms with E-state index in [2.05, 4.69) is 38.4 Å². The summed E-state index contributed by atoms with van der Waals surface area (Å²) in [6.07, 6.45) is 1.87. The lowest BCUT2D eigenvalue weighted by Gasteiger charge is -2.03. The zero-order valence-electron chi connectivity index (χ0n) is 14.9. The Hall–Kier alpha value is -2.02. The van der Waals surface area contributed by atoms with Crippen LogP contribution in [0.5, 0.6) is 0 Å². The minimum absolute atomic E-state index is 0.264. The fourth-order valence-corrected chi connectivity index (χ4v) is 2.27. The lowest BCUT2D eigenvalue weighted by molar-refractivity contribution is 0.103. The Morgan fingerprint density at radius 3 is 2.24 bits per heavy atom. The largest absolute Gasteiger partial charge is 0.382 e. The van der Waals surface area contributed by atoms with Crippen LogP contribution in [-0.2, 0) is 9.47 Å². The number of ether oxygens (including phenoxy) is 2. The maximum atomic E-state index is 6.23. The second kappa shape index (κ2) is 9.46. The van der Waals surface area contributed by atoms with E-state index in [4.69, 9.17) is 11.6 Å². The summed E-state index contributed by atoms with van der Waals surface area (Å²) in [6.45, 7) is 5.48. The van der Waals surface area contributed by atoms with E-state index in [1.807, 2.05) is 36.5 Å². The molecule has 3 rings (SSSR count). The van der Waals surface area contributed by atoms with Crippen molar-refractivity contribution in [3.8, 4) is 11.1 Å². The van der Waals surface area contributed by atoms with Crippen molar-refractivity contribution in [1.29, 1.82) is 0 Å². The summed E-state index contributed by atoms with van der Waals surface area (Å²) in [5.74, 6) is 1.57. The van der Waals surface area contributed by atoms with E-state index < -0.39 is 0 Å². The Morgan fingerprint density at radius 1 is 1.04 bits per heavy atom. The van der Waals surface area contributed by atoms with Crippen molar-refractivity contribution in [2.24, 2.45) is 0 Å². The van der Waals surface area contributed by atoms with Gasteiger partial charge in [-0.1, -0.05) is 55.8 Å². The van der Waals surface area contributed by atoms with Gasteiger partial charge in [-0.15, -0.1) is 5.10 Å². The minimum Gasteiger partial charge on any atom is -0.382 e. The van der Waals surface area contributed by atoms with Crippen molar-refractivity contribution in [3.63, 3.8) is 0 Å². The van der Waals surface area contributed by atoms with Crippen molar-refractivity contribution >= 4 is 17.4 Å². The first kappa shape index (κ1) is 19.3. The summed E-state index contributed by atoms with van der Waals surface area (Å²) in [5.41, 5.74) is 1.87. The topological polar surface area (TPSA) is 61.5 Å². The van der Waals surface area contributed by atoms with Gasteiger partial charge in [0, 0.05) is 31.9 Å². The van der Waals surface area contributed by atoms with Crippen LogP contribution in [0, 0.1) is 0 Å². The Bertz CT molecular complexity index is 786. The van der Waals surface area contributed by atoms with E-state index in [-0.39, 0.29) is 5.92 Å². The van der Waals surface area contributed by atoms with Gasteiger partial charge in [0.1, 0.15) is 5.15 Å². The summed E-state index contributed by atoms with van der Waals surface area (Å²) in [7, 11) is 3.30. The van der Waals surface area contributed by atoms with Gasteiger partial charge < -0.3 is 9.47 Å². The fourth-order valence-electron chi connectivity index (χ4n) is 2.04. The van der Waals surface area contributed by atoms with E-state index in [0.29, 0.717) is 24.1 Å². The summed E-state index contributed by atoms with van der Waals surface area (Å²) in [4.78, 5) is 8.67. The van der Waals surface area contributed by atoms with Gasteiger partial charge in [0.05, 0.1) is 13.2 Å². The van der Waals surface area contributed by atoms with Crippen LogP contribution in [0.4, 0.5) is 0 Å². The van der Waals surface area contributed by atoms with Crippen LogP contribution in [0.2, 0.25) is 5.15 Å². The summed E-state index contributed by atoms with van der Waals surface area (Å²) >= 11 is 6.23. The molecule has 0 N–H and O–H groups in total. The van der Waals surface area contributed by atoms with Crippen molar-refractivity contribution in [2.75, 3.05) is 27.4 Å². The molecule has 0 aliphatic heterocycles. The second-order valence-corrected chi connectivity index (χ2v) is 6.02. The van der Waals surface area contributed by atoms with Gasteiger partial charge in [0.15, 0.2) is 5.82 Å². The van der Waals surface area contributed by atoms with Gasteiger partial charge in [-0.2, -0.15) is 9.97 Å². The standard InChI is InChI=1S/C14H13ClN4.C4H10O2/c1-9(2)13-17-14-16-12(15)11(8-19(14)18-13)10-6-4-3-5-7-10;1-5-3-4-6-2/h3-9H,1-2H3;3-4H2,1-2H3. The number of hydrogen-bond donors (Lipinski definition) is 0. The Balaban J connectivity index is 0.000000326. The van der Waals surface area contributed by atoms with Gasteiger partial charge in [0.2, 0.25) is 0 Å². The molecule has 134 valence electrons. The smallest absolute Gasteiger partial charge is 0.253 e. The molecule has 0 saturated carbocycles. The lowest BCUT2D eigenvalue weighted by Crippen LogP contribution is -1.96. The first-order chi connectivity index (χ1) is 12.1. The number of fused-ring (bicyclic) bond motifs is 1. The van der Waals surface area contributed by atoms with Gasteiger partial charge in [-0.25, -0.2) is 4.52 Å². The number of nitrogens with zero attached hydrogens (tertiary/aromatic N) is 4. The maximum absolute atomic E-state index is 6.23. The molecule has 2 aromatic heterocycles. The first-order valence-corrected chi connectivity index (χ1v) is 8.40. The van der Waals surface area contributed by atoms with Gasteiger partial charge in [0.25, 0.3) is 5.78 Å². The number of benzene rings is 1. The maximum Gasteiger partial charge on any atom is 0.253 e. The highest BCUT2D eigenvalue weighted by molar-refractivity contribution is 6.32. The quantitative estimate of drug-likeness (QED) is 0.509. The summed E-state index contributed by atoms with van der Waals surface area (Å²) in [6, 6.07) is 9.90. The number of hydrogen-bond acceptors (Lipinski definition) is 5. The second-order valence-electron chi connectivity index (χ2n) is 5.67. The van der Waals surface area contributed by atoms with Crippen molar-refractivity contribution in [3.05, 3.63) is 47.5 Å². The van der Waals surface area contributed by atoms with E-state index in [9.17, 15) is 0 Å². The van der Waals surface area contributed by atoms with Crippen molar-refractivity contribution < 1.29 is 9.47 Å². The van der Waals surface area contributed by atoms with E-state index in [1.165, 1.54) is 0 Å². The molecule has 0 aliphatic carbocycles. The number of methoxy groups -OCH3 is 2. The molecular formula is C18H23ClN4O2. The van der Waals surface area contributed by atoms with E-state index >= 15 is 0 Å². The third kappa shape index (κ3) is 5.22. The third-order valence-corrected chi connectivity index (χ3v) is 3.68. The normalized spacial score (nSPS) is 10.8. The molecule has 3 aromatic rings. The fraction of sp³-hybridized carbons (Fsp3) is 0.389. The summed E-state index contributed by atoms with van der Waals surface area (Å²) < 4.78 is 11.0. The highest BCUT2D eigenvalue weighted by atomic mass is 35.5. The van der Waals surface area contributed by atoms with Crippen molar-refractivity contribution in [2.45, 2.75) is 19.8 Å². The number of aromatic nitrogens is 4. The highest BCUT2D eigenvalue weighted by Gasteiger charge is 2.12. The zero-order chi connectivity index (χ0) is 18.2. The molecule has 0 atom stereocenters. The molecule has 0 aliphatic rings. The molecule has 1 aromatic carbocycles.